The van der Waals surface area contributed by atoms with Crippen molar-refractivity contribution in [3.63, 3.8) is 0 Å². The Hall–Kier alpha value is -3.52. The summed E-state index contributed by atoms with van der Waals surface area (Å²) in [6, 6.07) is 24.1. The monoisotopic (exact) mass is 537 g/mol. The number of carbonyl (C=O) groups excluding carboxylic acids is 1. The van der Waals surface area contributed by atoms with Gasteiger partial charge in [-0.15, -0.1) is 0 Å². The van der Waals surface area contributed by atoms with Gasteiger partial charge < -0.3 is 4.74 Å². The second-order valence-electron chi connectivity index (χ2n) is 7.59. The van der Waals surface area contributed by atoms with Crippen LogP contribution in [-0.2, 0) is 4.74 Å². The molecule has 0 aliphatic heterocycles. The van der Waals surface area contributed by atoms with E-state index >= 15 is 0 Å². The maximum atomic E-state index is 12.7. The number of nitrogens with zero attached hydrogens (tertiary/aromatic N) is 2. The average Bonchev–Trinajstić information content (AvgIpc) is 2.88. The number of hydrogen-bond donors (Lipinski definition) is 0. The lowest BCUT2D eigenvalue weighted by atomic mass is 9.93. The summed E-state index contributed by atoms with van der Waals surface area (Å²) in [4.78, 5) is 24.0. The number of hydrogen-bond acceptors (Lipinski definition) is 5. The molecule has 0 heterocycles. The van der Waals surface area contributed by atoms with E-state index in [4.69, 9.17) is 32.7 Å². The standard InChI is InChI=1S/C27H19Cl2N2O4S/c1-2-35-27(32)19-15-24(17-3-7-20(28)8-4-17)26(25(16-19)18-5-9-21(29)10-6-18)30-36-23-13-11-22(12-14-23)31(33)34/h3-16H,2H2,1H3. The zero-order chi connectivity index (χ0) is 25.7. The summed E-state index contributed by atoms with van der Waals surface area (Å²) < 4.78 is 10.1. The van der Waals surface area contributed by atoms with Crippen LogP contribution < -0.4 is 4.72 Å². The molecule has 0 atom stereocenters. The Morgan fingerprint density at radius 3 is 1.83 bits per heavy atom. The summed E-state index contributed by atoms with van der Waals surface area (Å²) >= 11 is 13.4. The molecule has 0 saturated heterocycles. The van der Waals surface area contributed by atoms with Crippen molar-refractivity contribution >= 4 is 52.5 Å². The number of carbonyl (C=O) groups is 1. The minimum atomic E-state index is -0.447. The number of nitro benzene ring substituents is 1. The molecule has 0 saturated carbocycles. The van der Waals surface area contributed by atoms with Crippen molar-refractivity contribution in [1.82, 2.24) is 4.72 Å². The molecular weight excluding hydrogens is 519 g/mol. The highest BCUT2D eigenvalue weighted by molar-refractivity contribution is 7.97. The first-order valence-corrected chi connectivity index (χ1v) is 12.4. The van der Waals surface area contributed by atoms with Crippen molar-refractivity contribution in [2.45, 2.75) is 11.8 Å². The molecule has 0 fully saturated rings. The Labute approximate surface area is 222 Å². The lowest BCUT2D eigenvalue weighted by Crippen LogP contribution is -2.06. The first kappa shape index (κ1) is 25.6. The van der Waals surface area contributed by atoms with Crippen LogP contribution in [-0.4, -0.2) is 17.5 Å². The Bertz CT molecular complexity index is 1330. The van der Waals surface area contributed by atoms with Gasteiger partial charge in [-0.05, 0) is 66.6 Å². The SMILES string of the molecule is CCOC(=O)c1cc(-c2ccc(Cl)cc2)c([N]Sc2ccc([N+](=O)[O-])cc2)c(-c2ccc(Cl)cc2)c1. The molecule has 0 aromatic heterocycles. The molecule has 36 heavy (non-hydrogen) atoms. The van der Waals surface area contributed by atoms with Gasteiger partial charge in [0.25, 0.3) is 5.69 Å². The van der Waals surface area contributed by atoms with E-state index in [0.717, 1.165) is 16.0 Å². The molecule has 4 aromatic carbocycles. The Morgan fingerprint density at radius 1 is 0.889 bits per heavy atom. The van der Waals surface area contributed by atoms with Gasteiger partial charge in [-0.25, -0.2) is 9.52 Å². The topological polar surface area (TPSA) is 83.5 Å². The highest BCUT2D eigenvalue weighted by atomic mass is 35.5. The molecular formula is C27H19Cl2N2O4S. The third-order valence-corrected chi connectivity index (χ3v) is 6.48. The van der Waals surface area contributed by atoms with Gasteiger partial charge in [-0.1, -0.05) is 47.5 Å². The Kier molecular flexibility index (Phi) is 8.15. The molecule has 0 aliphatic carbocycles. The largest absolute Gasteiger partial charge is 0.462 e. The van der Waals surface area contributed by atoms with Crippen LogP contribution in [0, 0.1) is 10.1 Å². The highest BCUT2D eigenvalue weighted by Crippen LogP contribution is 2.41. The van der Waals surface area contributed by atoms with E-state index in [1.807, 2.05) is 24.3 Å². The van der Waals surface area contributed by atoms with E-state index in [9.17, 15) is 14.9 Å². The van der Waals surface area contributed by atoms with Crippen molar-refractivity contribution in [3.8, 4) is 22.3 Å². The van der Waals surface area contributed by atoms with Crippen LogP contribution in [0.2, 0.25) is 10.0 Å². The summed E-state index contributed by atoms with van der Waals surface area (Å²) in [6.45, 7) is 2.00. The molecule has 0 N–H and O–H groups in total. The maximum Gasteiger partial charge on any atom is 0.338 e. The number of nitro groups is 1. The Balaban J connectivity index is 1.85. The fourth-order valence-electron chi connectivity index (χ4n) is 3.49. The summed E-state index contributed by atoms with van der Waals surface area (Å²) in [7, 11) is 0. The third-order valence-electron chi connectivity index (χ3n) is 5.22. The molecule has 181 valence electrons. The molecule has 0 aliphatic rings. The van der Waals surface area contributed by atoms with Gasteiger partial charge in [0.2, 0.25) is 0 Å². The van der Waals surface area contributed by atoms with Crippen molar-refractivity contribution in [1.29, 1.82) is 0 Å². The van der Waals surface area contributed by atoms with Gasteiger partial charge >= 0.3 is 5.97 Å². The Morgan fingerprint density at radius 2 is 1.39 bits per heavy atom. The molecule has 0 bridgehead atoms. The second kappa shape index (κ2) is 11.5. The number of non-ortho nitro benzene ring substituents is 1. The van der Waals surface area contributed by atoms with Crippen LogP contribution in [0.4, 0.5) is 11.4 Å². The van der Waals surface area contributed by atoms with Gasteiger partial charge in [-0.3, -0.25) is 10.1 Å². The molecule has 9 heteroatoms. The van der Waals surface area contributed by atoms with Crippen LogP contribution in [0.25, 0.3) is 22.3 Å². The molecule has 4 aromatic rings. The van der Waals surface area contributed by atoms with E-state index < -0.39 is 10.9 Å². The summed E-state index contributed by atoms with van der Waals surface area (Å²) in [5.74, 6) is -0.447. The number of rotatable bonds is 8. The average molecular weight is 538 g/mol. The first-order chi connectivity index (χ1) is 17.4. The van der Waals surface area contributed by atoms with Crippen LogP contribution in [0.15, 0.2) is 89.8 Å². The van der Waals surface area contributed by atoms with E-state index in [2.05, 4.69) is 0 Å². The second-order valence-corrected chi connectivity index (χ2v) is 9.30. The minimum absolute atomic E-state index is 0.00171. The van der Waals surface area contributed by atoms with Crippen LogP contribution >= 0.6 is 35.1 Å². The predicted octanol–water partition coefficient (Wildman–Crippen LogP) is 8.36. The third kappa shape index (κ3) is 5.99. The van der Waals surface area contributed by atoms with Crippen molar-refractivity contribution in [2.24, 2.45) is 0 Å². The van der Waals surface area contributed by atoms with Gasteiger partial charge in [-0.2, -0.15) is 0 Å². The summed E-state index contributed by atoms with van der Waals surface area (Å²) in [6.07, 6.45) is 0. The molecule has 0 amide bonds. The highest BCUT2D eigenvalue weighted by Gasteiger charge is 2.20. The van der Waals surface area contributed by atoms with E-state index in [1.165, 1.54) is 24.1 Å². The van der Waals surface area contributed by atoms with Gasteiger partial charge in [0.1, 0.15) is 0 Å². The van der Waals surface area contributed by atoms with Gasteiger partial charge in [0.15, 0.2) is 0 Å². The minimum Gasteiger partial charge on any atom is -0.462 e. The quantitative estimate of drug-likeness (QED) is 0.0974. The maximum absolute atomic E-state index is 12.7. The number of ether oxygens (including phenoxy) is 1. The zero-order valence-electron chi connectivity index (χ0n) is 19.0. The van der Waals surface area contributed by atoms with Crippen molar-refractivity contribution in [2.75, 3.05) is 6.61 Å². The van der Waals surface area contributed by atoms with E-state index in [0.29, 0.717) is 32.4 Å². The molecule has 0 spiro atoms. The first-order valence-electron chi connectivity index (χ1n) is 10.8. The number of halogens is 2. The fraction of sp³-hybridized carbons (Fsp3) is 0.0741. The van der Waals surface area contributed by atoms with Crippen molar-refractivity contribution < 1.29 is 14.5 Å². The van der Waals surface area contributed by atoms with Gasteiger partial charge in [0, 0.05) is 50.1 Å². The summed E-state index contributed by atoms with van der Waals surface area (Å²) in [5.41, 5.74) is 4.03. The van der Waals surface area contributed by atoms with Crippen LogP contribution in [0.5, 0.6) is 0 Å². The van der Waals surface area contributed by atoms with Gasteiger partial charge in [0.05, 0.1) is 22.8 Å². The van der Waals surface area contributed by atoms with Crippen LogP contribution in [0.3, 0.4) is 0 Å². The fourth-order valence-corrected chi connectivity index (χ4v) is 4.39. The zero-order valence-corrected chi connectivity index (χ0v) is 21.3. The van der Waals surface area contributed by atoms with Crippen molar-refractivity contribution in [3.05, 3.63) is 111 Å². The predicted molar refractivity (Wildman–Crippen MR) is 144 cm³/mol. The number of esters is 1. The van der Waals surface area contributed by atoms with E-state index in [1.54, 1.807) is 55.5 Å². The lowest BCUT2D eigenvalue weighted by molar-refractivity contribution is -0.384. The van der Waals surface area contributed by atoms with Crippen LogP contribution in [0.1, 0.15) is 17.3 Å². The molecule has 0 unspecified atom stereocenters. The normalized spacial score (nSPS) is 10.6. The molecule has 1 radical (unpaired) electrons. The summed E-state index contributed by atoms with van der Waals surface area (Å²) in [5, 5.41) is 12.2. The number of benzene rings is 4. The molecule has 4 rings (SSSR count). The lowest BCUT2D eigenvalue weighted by Gasteiger charge is -2.17. The van der Waals surface area contributed by atoms with E-state index in [-0.39, 0.29) is 12.3 Å². The molecule has 6 nitrogen and oxygen atoms in total. The smallest absolute Gasteiger partial charge is 0.338 e.